The molecule has 1 saturated carbocycles. The molecule has 7 rings (SSSR count). The molecule has 5 aromatic rings. The quantitative estimate of drug-likeness (QED) is 0.00301. The largest absolute Gasteiger partial charge is 0.573 e. The highest BCUT2D eigenvalue weighted by atomic mass is 19.4. The number of carboxylic acid groups (broad SMARTS) is 7. The van der Waals surface area contributed by atoms with Crippen LogP contribution in [0.1, 0.15) is 178 Å². The third kappa shape index (κ3) is 32.3. The number of phenolic OH excluding ortho intramolecular Hbond substituents is 1. The van der Waals surface area contributed by atoms with Gasteiger partial charge >= 0.3 is 48.1 Å². The molecule has 1 heterocycles. The van der Waals surface area contributed by atoms with Gasteiger partial charge in [0.15, 0.2) is 23.1 Å². The van der Waals surface area contributed by atoms with Crippen LogP contribution in [0.5, 0.6) is 23.0 Å². The number of Topliss-reactive ketones (excluding diaryl/α,β-unsaturated/α-hetero) is 1. The van der Waals surface area contributed by atoms with E-state index in [0.717, 1.165) is 79.1 Å². The Morgan fingerprint density at radius 1 is 0.657 bits per heavy atom. The Labute approximate surface area is 568 Å². The molecule has 5 aromatic carbocycles. The summed E-state index contributed by atoms with van der Waals surface area (Å²) < 4.78 is 61.8. The Morgan fingerprint density at radius 2 is 1.20 bits per heavy atom. The van der Waals surface area contributed by atoms with Crippen LogP contribution in [0.3, 0.4) is 0 Å². The van der Waals surface area contributed by atoms with Crippen LogP contribution >= 0.6 is 0 Å². The van der Waals surface area contributed by atoms with Crippen molar-refractivity contribution in [2.24, 2.45) is 16.7 Å². The first-order valence-electron chi connectivity index (χ1n) is 31.5. The molecule has 2 atom stereocenters. The summed E-state index contributed by atoms with van der Waals surface area (Å²) in [5.41, 5.74) is -0.433. The average Bonchev–Trinajstić information content (AvgIpc) is 1.61. The molecule has 0 saturated heterocycles. The first-order chi connectivity index (χ1) is 46.6. The Balaban J connectivity index is 0.000000422. The molecule has 24 nitrogen and oxygen atoms in total. The van der Waals surface area contributed by atoms with Gasteiger partial charge in [-0.1, -0.05) is 177 Å². The number of carboxylic acids is 7. The fraction of sp³-hybridized carbons (Fsp3) is 0.394. The van der Waals surface area contributed by atoms with Gasteiger partial charge in [-0.05, 0) is 90.8 Å². The number of amides is 1. The number of phenols is 1. The number of rotatable bonds is 30. The van der Waals surface area contributed by atoms with Crippen molar-refractivity contribution in [3.63, 3.8) is 0 Å². The molecule has 0 spiro atoms. The zero-order valence-corrected chi connectivity index (χ0v) is 55.2. The number of hydrogen-bond donors (Lipinski definition) is 9. The molecule has 2 unspecified atom stereocenters. The molecule has 99 heavy (non-hydrogen) atoms. The van der Waals surface area contributed by atoms with Crippen LogP contribution in [0.15, 0.2) is 127 Å². The smallest absolute Gasteiger partial charge is 0.505 e. The van der Waals surface area contributed by atoms with E-state index in [1.54, 1.807) is 51.1 Å². The van der Waals surface area contributed by atoms with E-state index in [1.165, 1.54) is 107 Å². The molecular formula is C71H84F4N2O22. The van der Waals surface area contributed by atoms with Gasteiger partial charge in [-0.25, -0.2) is 18.8 Å². The summed E-state index contributed by atoms with van der Waals surface area (Å²) in [6.07, 6.45) is 19.1. The molecule has 1 aliphatic heterocycles. The van der Waals surface area contributed by atoms with Crippen molar-refractivity contribution in [3.8, 4) is 23.0 Å². The van der Waals surface area contributed by atoms with Crippen LogP contribution < -0.4 is 19.5 Å². The number of nitro groups is 1. The number of aliphatic carboxylic acids is 6. The van der Waals surface area contributed by atoms with E-state index in [0.29, 0.717) is 36.3 Å². The average molecular weight is 1390 g/mol. The Bertz CT molecular complexity index is 3540. The SMILES string of the molecule is CC1(C(=O)O)CCC(C(=O)O)C1(C)C.CCCCCCCCCCCCCCCCNC(=O)c1cc([N+](=O)[O-])ccc1C(=O)O.O=C(O)C(=O)c1ccccc1.O=C(O)C=CC=Cc1ccc2c(c1)OCO2.O=C(O)Cc1ccc(O)c(F)c1.O=C(O)Cc1ccc(OC(F)(F)F)cc1. The van der Waals surface area contributed by atoms with E-state index < -0.39 is 93.1 Å². The van der Waals surface area contributed by atoms with Crippen molar-refractivity contribution in [3.05, 3.63) is 177 Å². The molecule has 538 valence electrons. The molecule has 1 fully saturated rings. The molecule has 1 aliphatic carbocycles. The Morgan fingerprint density at radius 3 is 1.68 bits per heavy atom. The number of unbranched alkanes of at least 4 members (excludes halogenated alkanes) is 13. The summed E-state index contributed by atoms with van der Waals surface area (Å²) in [7, 11) is 0. The van der Waals surface area contributed by atoms with Crippen LogP contribution in [0.4, 0.5) is 23.2 Å². The Hall–Kier alpha value is -10.7. The number of alkyl halides is 3. The van der Waals surface area contributed by atoms with Crippen LogP contribution in [0, 0.1) is 32.7 Å². The van der Waals surface area contributed by atoms with Gasteiger partial charge in [0.05, 0.1) is 40.2 Å². The highest BCUT2D eigenvalue weighted by Gasteiger charge is 2.58. The summed E-state index contributed by atoms with van der Waals surface area (Å²) in [5.74, 6) is -9.71. The lowest BCUT2D eigenvalue weighted by molar-refractivity contribution is -0.384. The number of benzene rings is 5. The minimum absolute atomic E-state index is 0.174. The molecule has 9 N–H and O–H groups in total. The minimum atomic E-state index is -4.73. The van der Waals surface area contributed by atoms with Crippen molar-refractivity contribution < 1.29 is 121 Å². The number of hydrogen-bond acceptors (Lipinski definition) is 15. The van der Waals surface area contributed by atoms with Crippen molar-refractivity contribution in [1.29, 1.82) is 0 Å². The standard InChI is InChI=1S/C24H38N2O5.C12H10O4.C10H16O4.C9H7F3O3.C8H7FO3.C8H6O3/c1-2-3-4-5-6-7-8-9-10-11-12-13-14-15-18-25-23(27)22-19-20(26(30)31)16-17-21(22)24(28)29;13-12(14)4-2-1-3-9-5-6-10-11(7-9)16-8-15-10;1-9(2)6(7(11)12)4-5-10(9,3)8(13)14;10-9(11,12)15-7-3-1-6(2-4-7)5-8(13)14;9-6-3-5(4-8(11)12)1-2-7(6)10;9-7(8(10)11)6-4-2-1-3-5-6/h16-17,19H,2-15,18H2,1H3,(H,25,27)(H,28,29);1-7H,8H2,(H,13,14);6H,4-5H2,1-3H3,(H,11,12)(H,13,14);1-4H,5H2,(H,13,14);1-3,10H,4H2,(H,11,12);1-5H,(H,10,11). The maximum Gasteiger partial charge on any atom is 0.573 e. The normalized spacial score (nSPS) is 14.5. The van der Waals surface area contributed by atoms with Crippen LogP contribution in [0.2, 0.25) is 0 Å². The zero-order chi connectivity index (χ0) is 74.3. The molecule has 2 aliphatic rings. The second kappa shape index (κ2) is 43.5. The summed E-state index contributed by atoms with van der Waals surface area (Å²) in [6, 6.07) is 24.8. The molecular weight excluding hydrogens is 1310 g/mol. The Kier molecular flexibility index (Phi) is 37.1. The number of ether oxygens (including phenoxy) is 3. The van der Waals surface area contributed by atoms with E-state index in [4.69, 9.17) is 45.2 Å². The van der Waals surface area contributed by atoms with Gasteiger partial charge < -0.3 is 60.4 Å². The van der Waals surface area contributed by atoms with E-state index in [2.05, 4.69) is 17.0 Å². The first kappa shape index (κ1) is 84.4. The number of carbonyl (C=O) groups excluding carboxylic acids is 2. The summed E-state index contributed by atoms with van der Waals surface area (Å²) in [5, 5.41) is 83.0. The van der Waals surface area contributed by atoms with Crippen molar-refractivity contribution in [1.82, 2.24) is 5.32 Å². The predicted octanol–water partition coefficient (Wildman–Crippen LogP) is 14.5. The number of ketones is 1. The molecule has 0 aromatic heterocycles. The highest BCUT2D eigenvalue weighted by Crippen LogP contribution is 2.56. The topological polar surface area (TPSA) is 398 Å². The number of non-ortho nitro benzene ring substituents is 1. The van der Waals surface area contributed by atoms with Gasteiger partial charge in [0.25, 0.3) is 17.4 Å². The van der Waals surface area contributed by atoms with Gasteiger partial charge in [-0.3, -0.25) is 38.9 Å². The van der Waals surface area contributed by atoms with Gasteiger partial charge in [0.2, 0.25) is 6.79 Å². The van der Waals surface area contributed by atoms with Crippen molar-refractivity contribution in [2.45, 2.75) is 150 Å². The number of nitro benzene ring substituents is 1. The lowest BCUT2D eigenvalue weighted by Crippen LogP contribution is -2.42. The number of halogens is 4. The predicted molar refractivity (Wildman–Crippen MR) is 353 cm³/mol. The van der Waals surface area contributed by atoms with Crippen molar-refractivity contribution in [2.75, 3.05) is 13.3 Å². The number of nitrogens with one attached hydrogen (secondary N) is 1. The van der Waals surface area contributed by atoms with Crippen LogP contribution in [0.25, 0.3) is 6.08 Å². The third-order valence-electron chi connectivity index (χ3n) is 15.6. The number of allylic oxidation sites excluding steroid dienone is 2. The van der Waals surface area contributed by atoms with E-state index >= 15 is 0 Å². The number of aromatic hydroxyl groups is 1. The lowest BCUT2D eigenvalue weighted by Gasteiger charge is -2.36. The van der Waals surface area contributed by atoms with Gasteiger partial charge in [-0.15, -0.1) is 13.2 Å². The monoisotopic (exact) mass is 1390 g/mol. The maximum absolute atomic E-state index is 12.6. The molecule has 0 radical (unpaired) electrons. The molecule has 1 amide bonds. The van der Waals surface area contributed by atoms with Gasteiger partial charge in [0, 0.05) is 30.3 Å². The number of carbonyl (C=O) groups is 9. The number of fused-ring (bicyclic) bond motifs is 1. The zero-order valence-electron chi connectivity index (χ0n) is 55.2. The second-order valence-corrected chi connectivity index (χ2v) is 23.2. The van der Waals surface area contributed by atoms with E-state index in [9.17, 15) is 75.9 Å². The highest BCUT2D eigenvalue weighted by molar-refractivity contribution is 6.39. The first-order valence-corrected chi connectivity index (χ1v) is 31.5. The molecule has 0 bridgehead atoms. The van der Waals surface area contributed by atoms with Crippen LogP contribution in [-0.4, -0.2) is 119 Å². The van der Waals surface area contributed by atoms with Crippen LogP contribution in [-0.2, 0) is 41.6 Å². The van der Waals surface area contributed by atoms with Gasteiger partial charge in [-0.2, -0.15) is 0 Å². The third-order valence-corrected chi connectivity index (χ3v) is 15.6. The summed E-state index contributed by atoms with van der Waals surface area (Å²) in [6.45, 7) is 8.02. The second-order valence-electron chi connectivity index (χ2n) is 23.2. The van der Waals surface area contributed by atoms with E-state index in [-0.39, 0.29) is 47.8 Å². The lowest BCUT2D eigenvalue weighted by atomic mass is 9.66. The van der Waals surface area contributed by atoms with Crippen molar-refractivity contribution >= 4 is 65.2 Å². The fourth-order valence-electron chi connectivity index (χ4n) is 9.81. The summed E-state index contributed by atoms with van der Waals surface area (Å²) in [4.78, 5) is 107. The number of nitrogens with zero attached hydrogens (tertiary/aromatic N) is 1. The van der Waals surface area contributed by atoms with E-state index in [1.807, 2.05) is 18.2 Å². The summed E-state index contributed by atoms with van der Waals surface area (Å²) >= 11 is 0. The minimum Gasteiger partial charge on any atom is -0.505 e. The number of aromatic carboxylic acids is 1. The van der Waals surface area contributed by atoms with Gasteiger partial charge in [0.1, 0.15) is 5.75 Å². The molecule has 28 heteroatoms. The maximum atomic E-state index is 12.6. The fourth-order valence-corrected chi connectivity index (χ4v) is 9.81.